The van der Waals surface area contributed by atoms with Crippen molar-refractivity contribution in [3.8, 4) is 0 Å². The van der Waals surface area contributed by atoms with Crippen LogP contribution >= 0.6 is 23.2 Å². The van der Waals surface area contributed by atoms with Gasteiger partial charge in [0.1, 0.15) is 0 Å². The Hall–Kier alpha value is -1.57. The van der Waals surface area contributed by atoms with Crippen LogP contribution in [0, 0.1) is 5.92 Å². The Morgan fingerprint density at radius 3 is 2.61 bits per heavy atom. The number of carbonyl (C=O) groups excluding carboxylic acids is 2. The summed E-state index contributed by atoms with van der Waals surface area (Å²) >= 11 is 11.8. The van der Waals surface area contributed by atoms with Crippen molar-refractivity contribution in [3.63, 3.8) is 0 Å². The van der Waals surface area contributed by atoms with Gasteiger partial charge >= 0.3 is 0 Å². The van der Waals surface area contributed by atoms with Gasteiger partial charge in [0.25, 0.3) is 5.91 Å². The van der Waals surface area contributed by atoms with E-state index in [0.29, 0.717) is 15.6 Å². The van der Waals surface area contributed by atoms with E-state index < -0.39 is 27.6 Å². The van der Waals surface area contributed by atoms with Gasteiger partial charge in [0.2, 0.25) is 5.91 Å². The van der Waals surface area contributed by atoms with Gasteiger partial charge in [-0.15, -0.1) is 0 Å². The molecule has 0 aliphatic carbocycles. The molecule has 0 saturated carbocycles. The molecule has 124 valence electrons. The van der Waals surface area contributed by atoms with Gasteiger partial charge in [-0.1, -0.05) is 35.3 Å². The predicted molar refractivity (Wildman–Crippen MR) is 88.5 cm³/mol. The predicted octanol–water partition coefficient (Wildman–Crippen LogP) is 1.59. The highest BCUT2D eigenvalue weighted by atomic mass is 35.5. The first-order valence-corrected chi connectivity index (χ1v) is 9.28. The lowest BCUT2D eigenvalue weighted by Crippen LogP contribution is -2.44. The Morgan fingerprint density at radius 2 is 1.96 bits per heavy atom. The number of hydrazine groups is 1. The second-order valence-corrected chi connectivity index (χ2v) is 8.07. The molecule has 1 aromatic carbocycles. The normalized spacial score (nSPS) is 19.7. The van der Waals surface area contributed by atoms with Crippen LogP contribution in [0.15, 0.2) is 24.3 Å². The van der Waals surface area contributed by atoms with Crippen molar-refractivity contribution in [1.82, 2.24) is 10.9 Å². The SMILES string of the molecule is O=C(/C=C/c1cccc(Cl)c1Cl)NNC(=O)[C@H]1CCS(=O)(=O)C1. The standard InChI is InChI=1S/C14H14Cl2N2O4S/c15-11-3-1-2-9(13(11)16)4-5-12(19)17-18-14(20)10-6-7-23(21,22)8-10/h1-5,10H,6-8H2,(H,17,19)(H,18,20)/b5-4+/t10-/m0/s1. The third-order valence-corrected chi connectivity index (χ3v) is 5.91. The van der Waals surface area contributed by atoms with Crippen LogP contribution in [0.3, 0.4) is 0 Å². The van der Waals surface area contributed by atoms with E-state index in [9.17, 15) is 18.0 Å². The fourth-order valence-corrected chi connectivity index (χ4v) is 4.20. The number of sulfone groups is 1. The molecule has 1 heterocycles. The number of rotatable bonds is 3. The smallest absolute Gasteiger partial charge is 0.262 e. The zero-order valence-electron chi connectivity index (χ0n) is 11.9. The topological polar surface area (TPSA) is 92.3 Å². The first-order valence-electron chi connectivity index (χ1n) is 6.71. The van der Waals surface area contributed by atoms with E-state index in [1.807, 2.05) is 0 Å². The van der Waals surface area contributed by atoms with Crippen molar-refractivity contribution in [1.29, 1.82) is 0 Å². The van der Waals surface area contributed by atoms with Gasteiger partial charge in [-0.05, 0) is 24.1 Å². The van der Waals surface area contributed by atoms with E-state index in [-0.39, 0.29) is 17.9 Å². The van der Waals surface area contributed by atoms with Crippen LogP contribution < -0.4 is 10.9 Å². The highest BCUT2D eigenvalue weighted by molar-refractivity contribution is 7.91. The van der Waals surface area contributed by atoms with Crippen molar-refractivity contribution < 1.29 is 18.0 Å². The average molecular weight is 377 g/mol. The molecular weight excluding hydrogens is 363 g/mol. The average Bonchev–Trinajstić information content (AvgIpc) is 2.86. The molecule has 2 N–H and O–H groups in total. The summed E-state index contributed by atoms with van der Waals surface area (Å²) in [5.74, 6) is -1.93. The molecule has 0 bridgehead atoms. The van der Waals surface area contributed by atoms with Crippen LogP contribution in [0.4, 0.5) is 0 Å². The quantitative estimate of drug-likeness (QED) is 0.618. The first-order chi connectivity index (χ1) is 10.8. The Labute approximate surface area is 143 Å². The zero-order chi connectivity index (χ0) is 17.0. The summed E-state index contributed by atoms with van der Waals surface area (Å²) in [4.78, 5) is 23.4. The maximum absolute atomic E-state index is 11.8. The van der Waals surface area contributed by atoms with Crippen molar-refractivity contribution in [2.24, 2.45) is 5.92 Å². The van der Waals surface area contributed by atoms with E-state index in [1.54, 1.807) is 18.2 Å². The van der Waals surface area contributed by atoms with Gasteiger partial charge < -0.3 is 0 Å². The minimum absolute atomic E-state index is 0.00774. The van der Waals surface area contributed by atoms with Gasteiger partial charge in [-0.2, -0.15) is 0 Å². The molecule has 1 aliphatic rings. The maximum Gasteiger partial charge on any atom is 0.262 e. The molecule has 1 atom stereocenters. The Balaban J connectivity index is 1.87. The summed E-state index contributed by atoms with van der Waals surface area (Å²) in [6, 6.07) is 4.99. The third kappa shape index (κ3) is 4.95. The molecule has 0 spiro atoms. The number of benzene rings is 1. The molecule has 1 aromatic rings. The molecule has 0 unspecified atom stereocenters. The fraction of sp³-hybridized carbons (Fsp3) is 0.286. The second-order valence-electron chi connectivity index (χ2n) is 5.05. The molecular formula is C14H14Cl2N2O4S. The lowest BCUT2D eigenvalue weighted by Gasteiger charge is -2.09. The molecule has 2 rings (SSSR count). The molecule has 0 radical (unpaired) electrons. The Morgan fingerprint density at radius 1 is 1.22 bits per heavy atom. The van der Waals surface area contributed by atoms with Gasteiger partial charge in [-0.25, -0.2) is 8.42 Å². The lowest BCUT2D eigenvalue weighted by atomic mass is 10.1. The number of amides is 2. The summed E-state index contributed by atoms with van der Waals surface area (Å²) in [5, 5.41) is 0.684. The summed E-state index contributed by atoms with van der Waals surface area (Å²) in [7, 11) is -3.15. The number of carbonyl (C=O) groups is 2. The van der Waals surface area contributed by atoms with Crippen LogP contribution in [0.1, 0.15) is 12.0 Å². The largest absolute Gasteiger partial charge is 0.273 e. The number of hydrogen-bond donors (Lipinski definition) is 2. The monoisotopic (exact) mass is 376 g/mol. The van der Waals surface area contributed by atoms with Crippen LogP contribution in [0.5, 0.6) is 0 Å². The van der Waals surface area contributed by atoms with Gasteiger partial charge in [0.15, 0.2) is 9.84 Å². The lowest BCUT2D eigenvalue weighted by molar-refractivity contribution is -0.129. The van der Waals surface area contributed by atoms with Gasteiger partial charge in [-0.3, -0.25) is 20.4 Å². The molecule has 1 fully saturated rings. The number of nitrogens with one attached hydrogen (secondary N) is 2. The fourth-order valence-electron chi connectivity index (χ4n) is 2.08. The van der Waals surface area contributed by atoms with Gasteiger partial charge in [0, 0.05) is 6.08 Å². The summed E-state index contributed by atoms with van der Waals surface area (Å²) in [6.45, 7) is 0. The summed E-state index contributed by atoms with van der Waals surface area (Å²) in [6.07, 6.45) is 2.90. The molecule has 23 heavy (non-hydrogen) atoms. The second kappa shape index (κ2) is 7.33. The van der Waals surface area contributed by atoms with Crippen LogP contribution in [-0.4, -0.2) is 31.7 Å². The molecule has 9 heteroatoms. The Kier molecular flexibility index (Phi) is 5.67. The number of halogens is 2. The Bertz CT molecular complexity index is 762. The van der Waals surface area contributed by atoms with Crippen molar-refractivity contribution >= 4 is 50.9 Å². The highest BCUT2D eigenvalue weighted by Crippen LogP contribution is 2.26. The minimum atomic E-state index is -3.15. The van der Waals surface area contributed by atoms with Gasteiger partial charge in [0.05, 0.1) is 27.5 Å². The van der Waals surface area contributed by atoms with E-state index >= 15 is 0 Å². The van der Waals surface area contributed by atoms with Crippen LogP contribution in [-0.2, 0) is 19.4 Å². The maximum atomic E-state index is 11.8. The van der Waals surface area contributed by atoms with Crippen molar-refractivity contribution in [2.75, 3.05) is 11.5 Å². The minimum Gasteiger partial charge on any atom is -0.273 e. The molecule has 1 aliphatic heterocycles. The first kappa shape index (κ1) is 17.8. The van der Waals surface area contributed by atoms with E-state index in [0.717, 1.165) is 0 Å². The van der Waals surface area contributed by atoms with Crippen LogP contribution in [0.2, 0.25) is 10.0 Å². The summed E-state index contributed by atoms with van der Waals surface area (Å²) < 4.78 is 22.6. The van der Waals surface area contributed by atoms with E-state index in [1.165, 1.54) is 12.2 Å². The van der Waals surface area contributed by atoms with E-state index in [2.05, 4.69) is 10.9 Å². The summed E-state index contributed by atoms with van der Waals surface area (Å²) in [5.41, 5.74) is 4.96. The third-order valence-electron chi connectivity index (χ3n) is 3.31. The van der Waals surface area contributed by atoms with Crippen LogP contribution in [0.25, 0.3) is 6.08 Å². The zero-order valence-corrected chi connectivity index (χ0v) is 14.2. The number of hydrogen-bond acceptors (Lipinski definition) is 4. The molecule has 0 aromatic heterocycles. The van der Waals surface area contributed by atoms with E-state index in [4.69, 9.17) is 23.2 Å². The molecule has 2 amide bonds. The van der Waals surface area contributed by atoms with Crippen molar-refractivity contribution in [3.05, 3.63) is 39.9 Å². The molecule has 1 saturated heterocycles. The highest BCUT2D eigenvalue weighted by Gasteiger charge is 2.32. The molecule has 6 nitrogen and oxygen atoms in total. The van der Waals surface area contributed by atoms with Crippen molar-refractivity contribution in [2.45, 2.75) is 6.42 Å².